The topological polar surface area (TPSA) is 24.9 Å². The molecule has 13 heavy (non-hydrogen) atoms. The highest BCUT2D eigenvalue weighted by Gasteiger charge is 2.18. The standard InChI is InChI=1S/C10H13ClN2/c1-7-5-8(11)6-13-10(7)9-3-2-4-12-9/h5-6,9,12H,2-4H2,1H3. The molecule has 1 aromatic rings. The van der Waals surface area contributed by atoms with Crippen LogP contribution < -0.4 is 5.32 Å². The number of hydrogen-bond acceptors (Lipinski definition) is 2. The number of hydrogen-bond donors (Lipinski definition) is 1. The first-order chi connectivity index (χ1) is 6.27. The summed E-state index contributed by atoms with van der Waals surface area (Å²) in [6.45, 7) is 3.17. The molecule has 2 heterocycles. The lowest BCUT2D eigenvalue weighted by molar-refractivity contribution is 0.623. The average molecular weight is 197 g/mol. The molecule has 1 aromatic heterocycles. The Kier molecular flexibility index (Phi) is 2.51. The van der Waals surface area contributed by atoms with Gasteiger partial charge in [-0.1, -0.05) is 11.6 Å². The van der Waals surface area contributed by atoms with Crippen LogP contribution in [0.5, 0.6) is 0 Å². The minimum atomic E-state index is 0.442. The maximum absolute atomic E-state index is 5.84. The van der Waals surface area contributed by atoms with Crippen molar-refractivity contribution in [2.75, 3.05) is 6.54 Å². The molecule has 2 nitrogen and oxygen atoms in total. The van der Waals surface area contributed by atoms with E-state index in [2.05, 4.69) is 17.2 Å². The summed E-state index contributed by atoms with van der Waals surface area (Å²) in [6, 6.07) is 2.42. The van der Waals surface area contributed by atoms with Crippen LogP contribution in [0.15, 0.2) is 12.3 Å². The highest BCUT2D eigenvalue weighted by atomic mass is 35.5. The second kappa shape index (κ2) is 3.64. The minimum Gasteiger partial charge on any atom is -0.309 e. The Morgan fingerprint density at radius 1 is 1.62 bits per heavy atom. The van der Waals surface area contributed by atoms with Gasteiger partial charge in [-0.2, -0.15) is 0 Å². The van der Waals surface area contributed by atoms with Gasteiger partial charge in [0.15, 0.2) is 0 Å². The Morgan fingerprint density at radius 2 is 2.46 bits per heavy atom. The quantitative estimate of drug-likeness (QED) is 0.747. The van der Waals surface area contributed by atoms with E-state index < -0.39 is 0 Å². The van der Waals surface area contributed by atoms with E-state index in [1.165, 1.54) is 18.4 Å². The summed E-state index contributed by atoms with van der Waals surface area (Å²) in [5.41, 5.74) is 2.34. The third kappa shape index (κ3) is 1.84. The highest BCUT2D eigenvalue weighted by molar-refractivity contribution is 6.30. The zero-order valence-electron chi connectivity index (χ0n) is 7.68. The van der Waals surface area contributed by atoms with Crippen molar-refractivity contribution < 1.29 is 0 Å². The number of rotatable bonds is 1. The largest absolute Gasteiger partial charge is 0.309 e. The number of aromatic nitrogens is 1. The maximum Gasteiger partial charge on any atom is 0.0603 e. The zero-order valence-corrected chi connectivity index (χ0v) is 8.43. The molecule has 1 unspecified atom stereocenters. The van der Waals surface area contributed by atoms with Crippen LogP contribution in [0.3, 0.4) is 0 Å². The summed E-state index contributed by atoms with van der Waals surface area (Å²) in [6.07, 6.45) is 4.16. The van der Waals surface area contributed by atoms with Crippen molar-refractivity contribution in [3.8, 4) is 0 Å². The summed E-state index contributed by atoms with van der Waals surface area (Å²) in [5, 5.41) is 4.15. The molecule has 1 fully saturated rings. The van der Waals surface area contributed by atoms with Crippen molar-refractivity contribution in [2.24, 2.45) is 0 Å². The lowest BCUT2D eigenvalue weighted by atomic mass is 10.1. The van der Waals surface area contributed by atoms with E-state index in [0.717, 1.165) is 17.3 Å². The molecule has 3 heteroatoms. The van der Waals surface area contributed by atoms with Crippen molar-refractivity contribution in [3.63, 3.8) is 0 Å². The van der Waals surface area contributed by atoms with Crippen LogP contribution in [0.4, 0.5) is 0 Å². The second-order valence-electron chi connectivity index (χ2n) is 3.50. The first-order valence-corrected chi connectivity index (χ1v) is 5.00. The molecule has 70 valence electrons. The van der Waals surface area contributed by atoms with E-state index in [9.17, 15) is 0 Å². The molecule has 1 N–H and O–H groups in total. The van der Waals surface area contributed by atoms with Crippen LogP contribution in [-0.2, 0) is 0 Å². The molecular formula is C10H13ClN2. The van der Waals surface area contributed by atoms with E-state index in [1.54, 1.807) is 6.20 Å². The predicted octanol–water partition coefficient (Wildman–Crippen LogP) is 2.47. The Labute approximate surface area is 83.3 Å². The summed E-state index contributed by atoms with van der Waals surface area (Å²) >= 11 is 5.84. The van der Waals surface area contributed by atoms with Gasteiger partial charge in [-0.15, -0.1) is 0 Å². The van der Waals surface area contributed by atoms with Gasteiger partial charge in [-0.05, 0) is 37.9 Å². The van der Waals surface area contributed by atoms with Gasteiger partial charge in [0.2, 0.25) is 0 Å². The average Bonchev–Trinajstić information content (AvgIpc) is 2.56. The SMILES string of the molecule is Cc1cc(Cl)cnc1C1CCCN1. The number of nitrogens with one attached hydrogen (secondary N) is 1. The molecule has 0 saturated carbocycles. The Hall–Kier alpha value is -0.600. The molecule has 1 atom stereocenters. The normalized spacial score (nSPS) is 22.2. The molecular weight excluding hydrogens is 184 g/mol. The Morgan fingerprint density at radius 3 is 3.08 bits per heavy atom. The van der Waals surface area contributed by atoms with Crippen molar-refractivity contribution in [1.29, 1.82) is 0 Å². The number of nitrogens with zero attached hydrogens (tertiary/aromatic N) is 1. The van der Waals surface area contributed by atoms with Crippen LogP contribution >= 0.6 is 11.6 Å². The molecule has 0 bridgehead atoms. The molecule has 1 aliphatic heterocycles. The first-order valence-electron chi connectivity index (χ1n) is 4.63. The highest BCUT2D eigenvalue weighted by Crippen LogP contribution is 2.25. The van der Waals surface area contributed by atoms with Crippen LogP contribution in [0.1, 0.15) is 30.1 Å². The molecule has 2 rings (SSSR count). The van der Waals surface area contributed by atoms with Crippen LogP contribution in [0.25, 0.3) is 0 Å². The molecule has 0 aromatic carbocycles. The summed E-state index contributed by atoms with van der Waals surface area (Å²) in [5.74, 6) is 0. The molecule has 0 aliphatic carbocycles. The van der Waals surface area contributed by atoms with Gasteiger partial charge in [0.25, 0.3) is 0 Å². The zero-order chi connectivity index (χ0) is 9.26. The number of halogens is 1. The van der Waals surface area contributed by atoms with Crippen molar-refractivity contribution in [3.05, 3.63) is 28.5 Å². The van der Waals surface area contributed by atoms with E-state index in [1.807, 2.05) is 6.07 Å². The van der Waals surface area contributed by atoms with Crippen LogP contribution in [0, 0.1) is 6.92 Å². The molecule has 0 radical (unpaired) electrons. The van der Waals surface area contributed by atoms with E-state index >= 15 is 0 Å². The van der Waals surface area contributed by atoms with E-state index in [-0.39, 0.29) is 0 Å². The number of pyridine rings is 1. The van der Waals surface area contributed by atoms with Gasteiger partial charge >= 0.3 is 0 Å². The van der Waals surface area contributed by atoms with E-state index in [4.69, 9.17) is 11.6 Å². The molecule has 1 saturated heterocycles. The van der Waals surface area contributed by atoms with Gasteiger partial charge in [0.1, 0.15) is 0 Å². The van der Waals surface area contributed by atoms with Crippen molar-refractivity contribution in [2.45, 2.75) is 25.8 Å². The lowest BCUT2D eigenvalue weighted by Crippen LogP contribution is -2.15. The van der Waals surface area contributed by atoms with Gasteiger partial charge < -0.3 is 5.32 Å². The number of aryl methyl sites for hydroxylation is 1. The first kappa shape index (κ1) is 8.97. The fourth-order valence-electron chi connectivity index (χ4n) is 1.83. The van der Waals surface area contributed by atoms with Gasteiger partial charge in [-0.3, -0.25) is 4.98 Å². The Balaban J connectivity index is 2.29. The fourth-order valence-corrected chi connectivity index (χ4v) is 2.05. The lowest BCUT2D eigenvalue weighted by Gasteiger charge is -2.12. The van der Waals surface area contributed by atoms with Gasteiger partial charge in [0.05, 0.1) is 10.7 Å². The molecule has 1 aliphatic rings. The smallest absolute Gasteiger partial charge is 0.0603 e. The molecule has 0 amide bonds. The second-order valence-corrected chi connectivity index (χ2v) is 3.94. The van der Waals surface area contributed by atoms with Crippen molar-refractivity contribution >= 4 is 11.6 Å². The minimum absolute atomic E-state index is 0.442. The van der Waals surface area contributed by atoms with Crippen molar-refractivity contribution in [1.82, 2.24) is 10.3 Å². The third-order valence-electron chi connectivity index (χ3n) is 2.48. The summed E-state index contributed by atoms with van der Waals surface area (Å²) < 4.78 is 0. The summed E-state index contributed by atoms with van der Waals surface area (Å²) in [7, 11) is 0. The molecule has 0 spiro atoms. The Bertz CT molecular complexity index is 306. The van der Waals surface area contributed by atoms with Gasteiger partial charge in [-0.25, -0.2) is 0 Å². The fraction of sp³-hybridized carbons (Fsp3) is 0.500. The van der Waals surface area contributed by atoms with E-state index in [0.29, 0.717) is 6.04 Å². The van der Waals surface area contributed by atoms with Crippen LogP contribution in [-0.4, -0.2) is 11.5 Å². The van der Waals surface area contributed by atoms with Crippen LogP contribution in [0.2, 0.25) is 5.02 Å². The van der Waals surface area contributed by atoms with Gasteiger partial charge in [0, 0.05) is 12.2 Å². The third-order valence-corrected chi connectivity index (χ3v) is 2.68. The monoisotopic (exact) mass is 196 g/mol. The maximum atomic E-state index is 5.84. The predicted molar refractivity (Wildman–Crippen MR) is 54.0 cm³/mol. The summed E-state index contributed by atoms with van der Waals surface area (Å²) in [4.78, 5) is 4.37.